The third-order valence-electron chi connectivity index (χ3n) is 4.43. The number of hydrogen-bond acceptors (Lipinski definition) is 4. The molecule has 0 amide bonds. The van der Waals surface area contributed by atoms with Gasteiger partial charge in [-0.25, -0.2) is 13.4 Å². The topological polar surface area (TPSA) is 59.5 Å². The number of benzene rings is 1. The van der Waals surface area contributed by atoms with Gasteiger partial charge in [0.1, 0.15) is 5.75 Å². The molecule has 2 heterocycles. The van der Waals surface area contributed by atoms with Crippen LogP contribution in [0.5, 0.6) is 5.75 Å². The second kappa shape index (κ2) is 6.91. The Morgan fingerprint density at radius 3 is 2.42 bits per heavy atom. The van der Waals surface area contributed by atoms with E-state index in [4.69, 9.17) is 4.74 Å². The fourth-order valence-corrected chi connectivity index (χ4v) is 4.28. The summed E-state index contributed by atoms with van der Waals surface area (Å²) in [5.41, 5.74) is 1.46. The highest BCUT2D eigenvalue weighted by Gasteiger charge is 2.30. The van der Waals surface area contributed by atoms with Crippen molar-refractivity contribution in [3.05, 3.63) is 42.5 Å². The number of aromatic nitrogens is 1. The minimum atomic E-state index is -3.61. The highest BCUT2D eigenvalue weighted by atomic mass is 32.2. The lowest BCUT2D eigenvalue weighted by atomic mass is 10.0. The first-order valence-electron chi connectivity index (χ1n) is 8.12. The molecule has 3 rings (SSSR count). The average molecular weight is 346 g/mol. The van der Waals surface area contributed by atoms with Crippen LogP contribution in [0, 0.1) is 5.92 Å². The Bertz CT molecular complexity index is 798. The van der Waals surface area contributed by atoms with E-state index in [0.717, 1.165) is 18.4 Å². The maximum atomic E-state index is 13.0. The molecule has 6 heteroatoms. The predicted molar refractivity (Wildman–Crippen MR) is 93.4 cm³/mol. The molecule has 0 atom stereocenters. The van der Waals surface area contributed by atoms with E-state index in [9.17, 15) is 8.42 Å². The number of hydrogen-bond donors (Lipinski definition) is 0. The van der Waals surface area contributed by atoms with Crippen LogP contribution in [-0.4, -0.2) is 37.9 Å². The van der Waals surface area contributed by atoms with Crippen molar-refractivity contribution < 1.29 is 13.2 Å². The van der Waals surface area contributed by atoms with E-state index in [1.807, 2.05) is 30.3 Å². The van der Waals surface area contributed by atoms with Crippen LogP contribution in [0.2, 0.25) is 0 Å². The molecule has 1 saturated heterocycles. The second-order valence-electron chi connectivity index (χ2n) is 6.18. The number of nitrogens with zero attached hydrogens (tertiary/aromatic N) is 2. The monoisotopic (exact) mass is 346 g/mol. The Labute approximate surface area is 143 Å². The third kappa shape index (κ3) is 3.44. The number of ether oxygens (including phenoxy) is 1. The van der Waals surface area contributed by atoms with Gasteiger partial charge in [0, 0.05) is 30.8 Å². The molecule has 1 aromatic carbocycles. The molecule has 1 fully saturated rings. The lowest BCUT2D eigenvalue weighted by Gasteiger charge is -2.29. The molecule has 5 nitrogen and oxygen atoms in total. The normalized spacial score (nSPS) is 16.9. The molecule has 0 radical (unpaired) electrons. The Morgan fingerprint density at radius 2 is 1.79 bits per heavy atom. The summed E-state index contributed by atoms with van der Waals surface area (Å²) in [4.78, 5) is 4.41. The average Bonchev–Trinajstić information content (AvgIpc) is 2.62. The molecule has 1 aliphatic heterocycles. The molecule has 0 bridgehead atoms. The number of sulfonamides is 1. The molecular formula is C18H22N2O3S. The van der Waals surface area contributed by atoms with Crippen molar-refractivity contribution in [1.82, 2.24) is 9.29 Å². The van der Waals surface area contributed by atoms with Gasteiger partial charge in [0.15, 0.2) is 5.03 Å². The first kappa shape index (κ1) is 16.9. The largest absolute Gasteiger partial charge is 0.497 e. The maximum Gasteiger partial charge on any atom is 0.260 e. The lowest BCUT2D eigenvalue weighted by molar-refractivity contribution is 0.287. The van der Waals surface area contributed by atoms with Gasteiger partial charge in [0.05, 0.1) is 12.8 Å². The minimum absolute atomic E-state index is 0.0512. The van der Waals surface area contributed by atoms with Gasteiger partial charge < -0.3 is 4.74 Å². The van der Waals surface area contributed by atoms with Gasteiger partial charge in [-0.3, -0.25) is 0 Å². The zero-order valence-corrected chi connectivity index (χ0v) is 14.8. The standard InChI is InChI=1S/C18H22N2O3S/c1-14-8-10-20(11-9-14)24(21,22)18-13-16(23-2)12-17(19-18)15-6-4-3-5-7-15/h3-7,12-14H,8-11H2,1-2H3. The molecule has 128 valence electrons. The van der Waals surface area contributed by atoms with E-state index >= 15 is 0 Å². The smallest absolute Gasteiger partial charge is 0.260 e. The van der Waals surface area contributed by atoms with Crippen molar-refractivity contribution in [3.8, 4) is 17.0 Å². The molecule has 0 aliphatic carbocycles. The fraction of sp³-hybridized carbons (Fsp3) is 0.389. The Balaban J connectivity index is 2.01. The molecule has 1 aliphatic rings. The third-order valence-corrected chi connectivity index (χ3v) is 6.21. The molecule has 0 saturated carbocycles. The van der Waals surface area contributed by atoms with Gasteiger partial charge in [-0.05, 0) is 18.8 Å². The number of rotatable bonds is 4. The van der Waals surface area contributed by atoms with Crippen molar-refractivity contribution in [2.45, 2.75) is 24.8 Å². The molecule has 24 heavy (non-hydrogen) atoms. The Morgan fingerprint density at radius 1 is 1.12 bits per heavy atom. The van der Waals surface area contributed by atoms with Crippen LogP contribution < -0.4 is 4.74 Å². The van der Waals surface area contributed by atoms with Gasteiger partial charge >= 0.3 is 0 Å². The van der Waals surface area contributed by atoms with Crippen molar-refractivity contribution in [2.24, 2.45) is 5.92 Å². The lowest BCUT2D eigenvalue weighted by Crippen LogP contribution is -2.38. The maximum absolute atomic E-state index is 13.0. The predicted octanol–water partition coefficient (Wildman–Crippen LogP) is 3.18. The highest BCUT2D eigenvalue weighted by molar-refractivity contribution is 7.89. The van der Waals surface area contributed by atoms with Gasteiger partial charge in [-0.15, -0.1) is 0 Å². The summed E-state index contributed by atoms with van der Waals surface area (Å²) in [6.45, 7) is 3.24. The summed E-state index contributed by atoms with van der Waals surface area (Å²) >= 11 is 0. The second-order valence-corrected chi connectivity index (χ2v) is 8.07. The van der Waals surface area contributed by atoms with Gasteiger partial charge in [0.2, 0.25) is 0 Å². The first-order chi connectivity index (χ1) is 11.5. The molecule has 0 spiro atoms. The van der Waals surface area contributed by atoms with Gasteiger partial charge in [0.25, 0.3) is 10.0 Å². The molecule has 1 aromatic heterocycles. The van der Waals surface area contributed by atoms with Crippen LogP contribution in [0.15, 0.2) is 47.5 Å². The fourth-order valence-electron chi connectivity index (χ4n) is 2.85. The van der Waals surface area contributed by atoms with Crippen molar-refractivity contribution >= 4 is 10.0 Å². The quantitative estimate of drug-likeness (QED) is 0.853. The molecule has 0 unspecified atom stereocenters. The van der Waals surface area contributed by atoms with Crippen molar-refractivity contribution in [3.63, 3.8) is 0 Å². The van der Waals surface area contributed by atoms with E-state index in [-0.39, 0.29) is 5.03 Å². The van der Waals surface area contributed by atoms with E-state index in [1.54, 1.807) is 6.07 Å². The van der Waals surface area contributed by atoms with E-state index in [0.29, 0.717) is 30.5 Å². The van der Waals surface area contributed by atoms with Crippen LogP contribution in [0.1, 0.15) is 19.8 Å². The molecule has 2 aromatic rings. The van der Waals surface area contributed by atoms with Crippen LogP contribution in [0.25, 0.3) is 11.3 Å². The molecule has 0 N–H and O–H groups in total. The van der Waals surface area contributed by atoms with Crippen LogP contribution in [0.4, 0.5) is 0 Å². The summed E-state index contributed by atoms with van der Waals surface area (Å²) in [7, 11) is -2.08. The summed E-state index contributed by atoms with van der Waals surface area (Å²) in [6.07, 6.45) is 1.77. The van der Waals surface area contributed by atoms with Crippen LogP contribution in [0.3, 0.4) is 0 Å². The summed E-state index contributed by atoms with van der Waals surface area (Å²) in [5.74, 6) is 1.06. The van der Waals surface area contributed by atoms with E-state index in [2.05, 4.69) is 11.9 Å². The van der Waals surface area contributed by atoms with Crippen LogP contribution in [-0.2, 0) is 10.0 Å². The molecular weight excluding hydrogens is 324 g/mol. The van der Waals surface area contributed by atoms with E-state index < -0.39 is 10.0 Å². The first-order valence-corrected chi connectivity index (χ1v) is 9.56. The van der Waals surface area contributed by atoms with E-state index in [1.165, 1.54) is 17.5 Å². The van der Waals surface area contributed by atoms with Crippen molar-refractivity contribution in [1.29, 1.82) is 0 Å². The minimum Gasteiger partial charge on any atom is -0.497 e. The summed E-state index contributed by atoms with van der Waals surface area (Å²) in [6, 6.07) is 12.8. The van der Waals surface area contributed by atoms with Crippen molar-refractivity contribution in [2.75, 3.05) is 20.2 Å². The highest BCUT2D eigenvalue weighted by Crippen LogP contribution is 2.28. The van der Waals surface area contributed by atoms with Gasteiger partial charge in [-0.2, -0.15) is 4.31 Å². The summed E-state index contributed by atoms with van der Waals surface area (Å²) < 4.78 is 32.7. The number of pyridine rings is 1. The number of methoxy groups -OCH3 is 1. The van der Waals surface area contributed by atoms with Crippen LogP contribution >= 0.6 is 0 Å². The zero-order chi connectivity index (χ0) is 17.2. The Hall–Kier alpha value is -1.92. The summed E-state index contributed by atoms with van der Waals surface area (Å²) in [5, 5.41) is 0.0512. The zero-order valence-electron chi connectivity index (χ0n) is 14.0. The number of piperidine rings is 1. The van der Waals surface area contributed by atoms with Gasteiger partial charge in [-0.1, -0.05) is 37.3 Å². The SMILES string of the molecule is COc1cc(-c2ccccc2)nc(S(=O)(=O)N2CCC(C)CC2)c1. The Kier molecular flexibility index (Phi) is 4.87.